The predicted octanol–water partition coefficient (Wildman–Crippen LogP) is 2.48. The number of nitrogens with zero attached hydrogens (tertiary/aromatic N) is 1. The molecular formula is C12H28N2. The van der Waals surface area contributed by atoms with Crippen LogP contribution >= 0.6 is 0 Å². The molecule has 0 aliphatic rings. The van der Waals surface area contributed by atoms with E-state index in [9.17, 15) is 0 Å². The molecule has 14 heavy (non-hydrogen) atoms. The third-order valence-electron chi connectivity index (χ3n) is 2.54. The van der Waals surface area contributed by atoms with Crippen molar-refractivity contribution in [2.75, 3.05) is 20.1 Å². The fourth-order valence-corrected chi connectivity index (χ4v) is 1.44. The summed E-state index contributed by atoms with van der Waals surface area (Å²) in [4.78, 5) is 2.43. The molecule has 1 atom stereocenters. The minimum atomic E-state index is 0.371. The SMILES string of the molecule is CC(C)CCN(C)CCCCC(C)N. The van der Waals surface area contributed by atoms with Gasteiger partial charge in [-0.1, -0.05) is 20.3 Å². The molecule has 0 aromatic carbocycles. The highest BCUT2D eigenvalue weighted by atomic mass is 15.1. The van der Waals surface area contributed by atoms with E-state index in [0.717, 1.165) is 12.3 Å². The molecule has 0 bridgehead atoms. The zero-order valence-corrected chi connectivity index (χ0v) is 10.4. The van der Waals surface area contributed by atoms with E-state index in [1.165, 1.54) is 32.4 Å². The summed E-state index contributed by atoms with van der Waals surface area (Å²) in [5.74, 6) is 0.821. The molecule has 0 amide bonds. The average molecular weight is 200 g/mol. The summed E-state index contributed by atoms with van der Waals surface area (Å²) in [5.41, 5.74) is 5.69. The van der Waals surface area contributed by atoms with Gasteiger partial charge >= 0.3 is 0 Å². The Morgan fingerprint density at radius 1 is 1.00 bits per heavy atom. The molecule has 2 heteroatoms. The Balaban J connectivity index is 3.22. The number of hydrogen-bond acceptors (Lipinski definition) is 2. The molecule has 1 unspecified atom stereocenters. The molecule has 0 saturated heterocycles. The zero-order chi connectivity index (χ0) is 11.0. The molecular weight excluding hydrogens is 172 g/mol. The third-order valence-corrected chi connectivity index (χ3v) is 2.54. The van der Waals surface area contributed by atoms with Crippen molar-refractivity contribution in [3.05, 3.63) is 0 Å². The van der Waals surface area contributed by atoms with Crippen LogP contribution in [0.1, 0.15) is 46.5 Å². The minimum Gasteiger partial charge on any atom is -0.328 e. The predicted molar refractivity (Wildman–Crippen MR) is 64.5 cm³/mol. The number of hydrogen-bond donors (Lipinski definition) is 1. The van der Waals surface area contributed by atoms with E-state index >= 15 is 0 Å². The fourth-order valence-electron chi connectivity index (χ4n) is 1.44. The van der Waals surface area contributed by atoms with Crippen molar-refractivity contribution < 1.29 is 0 Å². The van der Waals surface area contributed by atoms with E-state index in [0.29, 0.717) is 6.04 Å². The first kappa shape index (κ1) is 13.9. The van der Waals surface area contributed by atoms with E-state index < -0.39 is 0 Å². The minimum absolute atomic E-state index is 0.371. The summed E-state index contributed by atoms with van der Waals surface area (Å²) in [7, 11) is 2.22. The van der Waals surface area contributed by atoms with Crippen molar-refractivity contribution in [3.8, 4) is 0 Å². The van der Waals surface area contributed by atoms with Crippen molar-refractivity contribution in [1.82, 2.24) is 4.90 Å². The summed E-state index contributed by atoms with van der Waals surface area (Å²) in [6.45, 7) is 9.10. The van der Waals surface area contributed by atoms with E-state index in [1.807, 2.05) is 0 Å². The summed E-state index contributed by atoms with van der Waals surface area (Å²) < 4.78 is 0. The molecule has 0 aliphatic heterocycles. The van der Waals surface area contributed by atoms with Crippen LogP contribution in [0.3, 0.4) is 0 Å². The van der Waals surface area contributed by atoms with Crippen molar-refractivity contribution in [2.24, 2.45) is 11.7 Å². The van der Waals surface area contributed by atoms with Crippen LogP contribution in [0.5, 0.6) is 0 Å². The summed E-state index contributed by atoms with van der Waals surface area (Å²) in [5, 5.41) is 0. The van der Waals surface area contributed by atoms with E-state index in [1.54, 1.807) is 0 Å². The first-order chi connectivity index (χ1) is 6.52. The molecule has 0 radical (unpaired) electrons. The van der Waals surface area contributed by atoms with Gasteiger partial charge in [-0.25, -0.2) is 0 Å². The average Bonchev–Trinajstić information content (AvgIpc) is 2.08. The monoisotopic (exact) mass is 200 g/mol. The number of rotatable bonds is 8. The van der Waals surface area contributed by atoms with Crippen molar-refractivity contribution in [3.63, 3.8) is 0 Å². The largest absolute Gasteiger partial charge is 0.328 e. The van der Waals surface area contributed by atoms with Crippen LogP contribution in [0, 0.1) is 5.92 Å². The van der Waals surface area contributed by atoms with Gasteiger partial charge in [0.15, 0.2) is 0 Å². The Bertz CT molecular complexity index is 121. The van der Waals surface area contributed by atoms with E-state index in [-0.39, 0.29) is 0 Å². The molecule has 86 valence electrons. The van der Waals surface area contributed by atoms with Crippen molar-refractivity contribution in [1.29, 1.82) is 0 Å². The van der Waals surface area contributed by atoms with Crippen LogP contribution in [0.2, 0.25) is 0 Å². The first-order valence-corrected chi connectivity index (χ1v) is 5.96. The highest BCUT2D eigenvalue weighted by Gasteiger charge is 2.00. The van der Waals surface area contributed by atoms with Gasteiger partial charge < -0.3 is 10.6 Å². The molecule has 0 fully saturated rings. The Labute approximate surface area is 89.9 Å². The Kier molecular flexibility index (Phi) is 8.20. The van der Waals surface area contributed by atoms with Gasteiger partial charge in [-0.3, -0.25) is 0 Å². The lowest BCUT2D eigenvalue weighted by Gasteiger charge is -2.17. The Morgan fingerprint density at radius 3 is 2.14 bits per heavy atom. The standard InChI is InChI=1S/C12H28N2/c1-11(2)8-10-14(4)9-6-5-7-12(3)13/h11-12H,5-10,13H2,1-4H3. The second kappa shape index (κ2) is 8.25. The molecule has 0 spiro atoms. The van der Waals surface area contributed by atoms with Crippen LogP contribution < -0.4 is 5.73 Å². The van der Waals surface area contributed by atoms with Gasteiger partial charge in [0.2, 0.25) is 0 Å². The zero-order valence-electron chi connectivity index (χ0n) is 10.4. The fraction of sp³-hybridized carbons (Fsp3) is 1.00. The molecule has 2 nitrogen and oxygen atoms in total. The van der Waals surface area contributed by atoms with Crippen LogP contribution in [-0.4, -0.2) is 31.1 Å². The quantitative estimate of drug-likeness (QED) is 0.610. The highest BCUT2D eigenvalue weighted by molar-refractivity contribution is 4.57. The molecule has 0 aromatic heterocycles. The van der Waals surface area contributed by atoms with Crippen LogP contribution in [0.25, 0.3) is 0 Å². The third kappa shape index (κ3) is 10.0. The molecule has 0 rings (SSSR count). The van der Waals surface area contributed by atoms with Crippen molar-refractivity contribution >= 4 is 0 Å². The molecule has 0 aliphatic carbocycles. The lowest BCUT2D eigenvalue weighted by molar-refractivity contribution is 0.302. The van der Waals surface area contributed by atoms with Gasteiger partial charge in [-0.2, -0.15) is 0 Å². The van der Waals surface area contributed by atoms with Gasteiger partial charge in [-0.15, -0.1) is 0 Å². The summed E-state index contributed by atoms with van der Waals surface area (Å²) in [6, 6.07) is 0.371. The maximum absolute atomic E-state index is 5.69. The Hall–Kier alpha value is -0.0800. The van der Waals surface area contributed by atoms with Gasteiger partial charge in [0, 0.05) is 6.04 Å². The lowest BCUT2D eigenvalue weighted by atomic mass is 10.1. The van der Waals surface area contributed by atoms with Gasteiger partial charge in [0.05, 0.1) is 0 Å². The maximum atomic E-state index is 5.69. The molecule has 0 saturated carbocycles. The molecule has 0 aromatic rings. The lowest BCUT2D eigenvalue weighted by Crippen LogP contribution is -2.22. The van der Waals surface area contributed by atoms with Crippen LogP contribution in [-0.2, 0) is 0 Å². The summed E-state index contributed by atoms with van der Waals surface area (Å²) >= 11 is 0. The first-order valence-electron chi connectivity index (χ1n) is 5.96. The van der Waals surface area contributed by atoms with E-state index in [2.05, 4.69) is 32.7 Å². The van der Waals surface area contributed by atoms with Crippen molar-refractivity contribution in [2.45, 2.75) is 52.5 Å². The van der Waals surface area contributed by atoms with E-state index in [4.69, 9.17) is 5.73 Å². The number of nitrogens with two attached hydrogens (primary N) is 1. The maximum Gasteiger partial charge on any atom is 0.00104 e. The topological polar surface area (TPSA) is 29.3 Å². The molecule has 0 heterocycles. The van der Waals surface area contributed by atoms with Crippen LogP contribution in [0.4, 0.5) is 0 Å². The second-order valence-electron chi connectivity index (χ2n) is 4.96. The normalized spacial score (nSPS) is 13.9. The smallest absolute Gasteiger partial charge is 0.00104 e. The number of unbranched alkanes of at least 4 members (excludes halogenated alkanes) is 1. The van der Waals surface area contributed by atoms with Gasteiger partial charge in [0.25, 0.3) is 0 Å². The van der Waals surface area contributed by atoms with Gasteiger partial charge in [-0.05, 0) is 52.2 Å². The second-order valence-corrected chi connectivity index (χ2v) is 4.96. The Morgan fingerprint density at radius 2 is 1.64 bits per heavy atom. The van der Waals surface area contributed by atoms with Gasteiger partial charge in [0.1, 0.15) is 0 Å². The summed E-state index contributed by atoms with van der Waals surface area (Å²) in [6.07, 6.45) is 5.03. The highest BCUT2D eigenvalue weighted by Crippen LogP contribution is 2.03. The van der Waals surface area contributed by atoms with Crippen LogP contribution in [0.15, 0.2) is 0 Å². The molecule has 2 N–H and O–H groups in total.